The minimum absolute atomic E-state index is 0.231. The molecule has 0 aromatic heterocycles. The quantitative estimate of drug-likeness (QED) is 0.323. The Kier molecular flexibility index (Phi) is 3.63. The monoisotopic (exact) mass is 156 g/mol. The van der Waals surface area contributed by atoms with Crippen LogP contribution in [-0.4, -0.2) is 44.7 Å². The lowest BCUT2D eigenvalue weighted by Crippen LogP contribution is -2.44. The van der Waals surface area contributed by atoms with E-state index in [1.807, 2.05) is 14.1 Å². The van der Waals surface area contributed by atoms with Crippen LogP contribution in [0.5, 0.6) is 0 Å². The maximum atomic E-state index is 10.8. The van der Waals surface area contributed by atoms with Crippen LogP contribution in [0.15, 0.2) is 0 Å². The van der Waals surface area contributed by atoms with Crippen LogP contribution in [0.2, 0.25) is 0 Å². The topological polar surface area (TPSA) is 26.3 Å². The van der Waals surface area contributed by atoms with Gasteiger partial charge in [-0.1, -0.05) is 0 Å². The predicted molar refractivity (Wildman–Crippen MR) is 42.7 cm³/mol. The van der Waals surface area contributed by atoms with Gasteiger partial charge < -0.3 is 9.22 Å². The number of carbonyl (C=O) groups excluding carboxylic acids is 1. The molecule has 0 unspecified atom stereocenters. The first-order valence-electron chi connectivity index (χ1n) is 3.34. The van der Waals surface area contributed by atoms with Gasteiger partial charge in [-0.3, -0.25) is 0 Å². The summed E-state index contributed by atoms with van der Waals surface area (Å²) < 4.78 is 4.98. The average Bonchev–Trinajstić information content (AvgIpc) is 1.86. The van der Waals surface area contributed by atoms with Gasteiger partial charge in [-0.15, -0.1) is 6.42 Å². The third-order valence-corrected chi connectivity index (χ3v) is 1.30. The number of esters is 1. The summed E-state index contributed by atoms with van der Waals surface area (Å²) in [5, 5.41) is 0. The Balaban J connectivity index is 3.92. The fourth-order valence-electron chi connectivity index (χ4n) is 0.717. The Hall–Kier alpha value is -1.01. The molecule has 0 atom stereocenters. The van der Waals surface area contributed by atoms with Crippen LogP contribution in [-0.2, 0) is 9.53 Å². The second-order valence-electron chi connectivity index (χ2n) is 3.03. The van der Waals surface area contributed by atoms with Gasteiger partial charge in [0.05, 0.1) is 21.2 Å². The molecule has 0 aliphatic carbocycles. The van der Waals surface area contributed by atoms with Crippen molar-refractivity contribution in [3.8, 4) is 12.3 Å². The molecular formula is C8H14NO2+. The number of hydrogen-bond acceptors (Lipinski definition) is 2. The van der Waals surface area contributed by atoms with E-state index in [0.717, 1.165) is 0 Å². The third-order valence-electron chi connectivity index (χ3n) is 1.30. The molecule has 0 radical (unpaired) electrons. The molecule has 0 saturated heterocycles. The second kappa shape index (κ2) is 3.99. The molecule has 0 heterocycles. The van der Waals surface area contributed by atoms with Crippen LogP contribution < -0.4 is 0 Å². The fourth-order valence-corrected chi connectivity index (χ4v) is 0.717. The maximum Gasteiger partial charge on any atom is 0.361 e. The van der Waals surface area contributed by atoms with Gasteiger partial charge in [-0.2, -0.15) is 0 Å². The number of hydrogen-bond donors (Lipinski definition) is 0. The molecule has 0 rings (SSSR count). The summed E-state index contributed by atoms with van der Waals surface area (Å²) in [6.07, 6.45) is 5.11. The number of carbonyl (C=O) groups is 1. The summed E-state index contributed by atoms with van der Waals surface area (Å²) in [6, 6.07) is 0. The average molecular weight is 156 g/mol. The van der Waals surface area contributed by atoms with Gasteiger partial charge in [-0.05, 0) is 5.92 Å². The highest BCUT2D eigenvalue weighted by molar-refractivity contribution is 5.70. The Labute approximate surface area is 67.5 Å². The second-order valence-corrected chi connectivity index (χ2v) is 3.03. The van der Waals surface area contributed by atoms with Gasteiger partial charge in [0.25, 0.3) is 0 Å². The summed E-state index contributed by atoms with van der Waals surface area (Å²) in [5.74, 6) is 2.27. The van der Waals surface area contributed by atoms with Gasteiger partial charge in [0, 0.05) is 0 Å². The number of likely N-dealkylation sites (N-methyl/N-ethyl adjacent to an activating group) is 1. The van der Waals surface area contributed by atoms with Gasteiger partial charge in [0.2, 0.25) is 0 Å². The zero-order chi connectivity index (χ0) is 8.91. The Bertz CT molecular complexity index is 179. The van der Waals surface area contributed by atoms with Crippen molar-refractivity contribution in [1.82, 2.24) is 0 Å². The molecule has 0 amide bonds. The number of terminal acetylenes is 1. The fraction of sp³-hybridized carbons (Fsp3) is 0.625. The minimum atomic E-state index is -0.231. The molecule has 3 nitrogen and oxygen atoms in total. The van der Waals surface area contributed by atoms with Gasteiger partial charge in [0.15, 0.2) is 6.54 Å². The van der Waals surface area contributed by atoms with Gasteiger partial charge in [-0.25, -0.2) is 4.79 Å². The van der Waals surface area contributed by atoms with E-state index >= 15 is 0 Å². The molecule has 0 saturated carbocycles. The number of nitrogens with zero attached hydrogens (tertiary/aromatic N) is 1. The Morgan fingerprint density at radius 2 is 2.18 bits per heavy atom. The van der Waals surface area contributed by atoms with Crippen LogP contribution in [0.4, 0.5) is 0 Å². The number of ether oxygens (including phenoxy) is 1. The predicted octanol–water partition coefficient (Wildman–Crippen LogP) is -0.131. The Morgan fingerprint density at radius 3 is 2.55 bits per heavy atom. The van der Waals surface area contributed by atoms with Crippen LogP contribution in [0.3, 0.4) is 0 Å². The number of methoxy groups -OCH3 is 1. The minimum Gasteiger partial charge on any atom is -0.465 e. The van der Waals surface area contributed by atoms with E-state index in [4.69, 9.17) is 6.42 Å². The van der Waals surface area contributed by atoms with Crippen molar-refractivity contribution in [3.63, 3.8) is 0 Å². The lowest BCUT2D eigenvalue weighted by Gasteiger charge is -2.25. The third kappa shape index (κ3) is 4.40. The summed E-state index contributed by atoms with van der Waals surface area (Å²) in [6.45, 7) is 0.857. The van der Waals surface area contributed by atoms with Crippen LogP contribution in [0.1, 0.15) is 0 Å². The summed E-state index contributed by atoms with van der Waals surface area (Å²) >= 11 is 0. The lowest BCUT2D eigenvalue weighted by molar-refractivity contribution is -0.875. The maximum absolute atomic E-state index is 10.8. The molecule has 0 aromatic rings. The molecule has 0 bridgehead atoms. The SMILES string of the molecule is C#CC[N+](C)(C)CC(=O)OC. The highest BCUT2D eigenvalue weighted by atomic mass is 16.5. The van der Waals surface area contributed by atoms with Crippen LogP contribution in [0, 0.1) is 12.3 Å². The van der Waals surface area contributed by atoms with E-state index in [9.17, 15) is 4.79 Å². The summed E-state index contributed by atoms with van der Waals surface area (Å²) in [7, 11) is 5.14. The molecule has 0 aliphatic rings. The zero-order valence-corrected chi connectivity index (χ0v) is 7.26. The van der Waals surface area contributed by atoms with E-state index in [0.29, 0.717) is 17.6 Å². The molecular weight excluding hydrogens is 142 g/mol. The van der Waals surface area contributed by atoms with Crippen molar-refractivity contribution >= 4 is 5.97 Å². The number of rotatable bonds is 3. The van der Waals surface area contributed by atoms with Crippen molar-refractivity contribution in [3.05, 3.63) is 0 Å². The van der Waals surface area contributed by atoms with Gasteiger partial charge in [0.1, 0.15) is 6.54 Å². The van der Waals surface area contributed by atoms with Crippen LogP contribution >= 0.6 is 0 Å². The normalized spacial score (nSPS) is 10.4. The molecule has 0 aromatic carbocycles. The van der Waals surface area contributed by atoms with E-state index in [1.165, 1.54) is 7.11 Å². The first-order chi connectivity index (χ1) is 5.02. The highest BCUT2D eigenvalue weighted by Crippen LogP contribution is 1.95. The standard InChI is InChI=1S/C8H14NO2/c1-5-6-9(2,3)7-8(10)11-4/h1H,6-7H2,2-4H3/q+1. The largest absolute Gasteiger partial charge is 0.465 e. The summed E-state index contributed by atoms with van der Waals surface area (Å²) in [5.41, 5.74) is 0. The van der Waals surface area contributed by atoms with Crippen molar-refractivity contribution < 1.29 is 14.0 Å². The zero-order valence-electron chi connectivity index (χ0n) is 7.26. The van der Waals surface area contributed by atoms with Crippen molar-refractivity contribution in [2.75, 3.05) is 34.3 Å². The molecule has 0 aliphatic heterocycles. The van der Waals surface area contributed by atoms with Crippen molar-refractivity contribution in [2.45, 2.75) is 0 Å². The van der Waals surface area contributed by atoms with E-state index < -0.39 is 0 Å². The van der Waals surface area contributed by atoms with Crippen molar-refractivity contribution in [1.29, 1.82) is 0 Å². The molecule has 3 heteroatoms. The van der Waals surface area contributed by atoms with Gasteiger partial charge >= 0.3 is 5.97 Å². The smallest absolute Gasteiger partial charge is 0.361 e. The van der Waals surface area contributed by atoms with E-state index in [1.54, 1.807) is 0 Å². The molecule has 0 fully saturated rings. The molecule has 11 heavy (non-hydrogen) atoms. The van der Waals surface area contributed by atoms with E-state index in [2.05, 4.69) is 10.7 Å². The molecule has 62 valence electrons. The first-order valence-corrected chi connectivity index (χ1v) is 3.34. The first kappa shape index (κ1) is 9.99. The molecule has 0 spiro atoms. The molecule has 0 N–H and O–H groups in total. The highest BCUT2D eigenvalue weighted by Gasteiger charge is 2.18. The summed E-state index contributed by atoms with van der Waals surface area (Å²) in [4.78, 5) is 10.8. The number of quaternary nitrogens is 1. The van der Waals surface area contributed by atoms with Crippen molar-refractivity contribution in [2.24, 2.45) is 0 Å². The van der Waals surface area contributed by atoms with Crippen LogP contribution in [0.25, 0.3) is 0 Å². The Morgan fingerprint density at radius 1 is 1.64 bits per heavy atom. The lowest BCUT2D eigenvalue weighted by atomic mass is 10.4. The van der Waals surface area contributed by atoms with E-state index in [-0.39, 0.29) is 5.97 Å².